The number of aromatic nitrogens is 2. The van der Waals surface area contributed by atoms with Gasteiger partial charge in [0.15, 0.2) is 6.04 Å². The summed E-state index contributed by atoms with van der Waals surface area (Å²) < 4.78 is 1.70. The molecule has 5 heteroatoms. The van der Waals surface area contributed by atoms with Crippen molar-refractivity contribution in [2.45, 2.75) is 19.9 Å². The number of likely N-dealkylation sites (N-methyl/N-ethyl adjacent to an activating group) is 1. The molecule has 1 unspecified atom stereocenters. The Kier molecular flexibility index (Phi) is 6.26. The molecule has 0 spiro atoms. The maximum atomic E-state index is 12.9. The maximum Gasteiger partial charge on any atom is 0.249 e. The molecule has 1 amide bonds. The summed E-state index contributed by atoms with van der Waals surface area (Å²) in [4.78, 5) is 15.2. The molecule has 1 N–H and O–H groups in total. The third-order valence-electron chi connectivity index (χ3n) is 4.67. The second kappa shape index (κ2) is 9.03. The minimum absolute atomic E-state index is 0.0502. The first-order valence-electron chi connectivity index (χ1n) is 9.33. The summed E-state index contributed by atoms with van der Waals surface area (Å²) in [6.45, 7) is 6.46. The summed E-state index contributed by atoms with van der Waals surface area (Å²) >= 11 is 0. The van der Waals surface area contributed by atoms with Crippen molar-refractivity contribution in [1.29, 1.82) is 0 Å². The normalized spacial score (nSPS) is 11.8. The zero-order valence-electron chi connectivity index (χ0n) is 15.9. The lowest BCUT2D eigenvalue weighted by Gasteiger charge is -2.25. The Bertz CT molecular complexity index is 846. The first-order valence-corrected chi connectivity index (χ1v) is 9.33. The standard InChI is InChI=1S/C22H26N4O/c1-3-25(20-13-8-7-10-18(20)2)17-15-23-22(27)21(26-16-9-14-24-26)19-11-5-4-6-12-19/h4-14,16,21H,3,15,17H2,1-2H3,(H,23,27). The minimum atomic E-state index is -0.463. The summed E-state index contributed by atoms with van der Waals surface area (Å²) in [5, 5.41) is 7.36. The number of carbonyl (C=O) groups is 1. The van der Waals surface area contributed by atoms with E-state index in [1.54, 1.807) is 10.9 Å². The smallest absolute Gasteiger partial charge is 0.249 e. The van der Waals surface area contributed by atoms with Crippen molar-refractivity contribution in [1.82, 2.24) is 15.1 Å². The predicted molar refractivity (Wildman–Crippen MR) is 109 cm³/mol. The molecule has 0 bridgehead atoms. The Morgan fingerprint density at radius 2 is 1.85 bits per heavy atom. The molecule has 0 aliphatic rings. The quantitative estimate of drug-likeness (QED) is 0.668. The van der Waals surface area contributed by atoms with Crippen LogP contribution in [0, 0.1) is 6.92 Å². The molecule has 5 nitrogen and oxygen atoms in total. The number of hydrogen-bond donors (Lipinski definition) is 1. The molecule has 2 aromatic carbocycles. The van der Waals surface area contributed by atoms with E-state index in [0.717, 1.165) is 18.7 Å². The molecule has 0 saturated carbocycles. The highest BCUT2D eigenvalue weighted by Gasteiger charge is 2.22. The molecule has 0 saturated heterocycles. The van der Waals surface area contributed by atoms with Crippen molar-refractivity contribution in [2.75, 3.05) is 24.5 Å². The number of carbonyl (C=O) groups excluding carboxylic acids is 1. The first kappa shape index (κ1) is 18.7. The van der Waals surface area contributed by atoms with Gasteiger partial charge in [0.2, 0.25) is 5.91 Å². The van der Waals surface area contributed by atoms with Gasteiger partial charge in [-0.2, -0.15) is 5.10 Å². The van der Waals surface area contributed by atoms with Crippen LogP contribution >= 0.6 is 0 Å². The summed E-state index contributed by atoms with van der Waals surface area (Å²) in [6.07, 6.45) is 3.52. The van der Waals surface area contributed by atoms with Gasteiger partial charge in [-0.3, -0.25) is 9.48 Å². The maximum absolute atomic E-state index is 12.9. The van der Waals surface area contributed by atoms with E-state index in [0.29, 0.717) is 6.54 Å². The zero-order valence-corrected chi connectivity index (χ0v) is 15.9. The van der Waals surface area contributed by atoms with Crippen molar-refractivity contribution in [3.63, 3.8) is 0 Å². The van der Waals surface area contributed by atoms with E-state index in [1.165, 1.54) is 11.3 Å². The van der Waals surface area contributed by atoms with E-state index in [2.05, 4.69) is 41.3 Å². The van der Waals surface area contributed by atoms with Crippen molar-refractivity contribution < 1.29 is 4.79 Å². The fourth-order valence-corrected chi connectivity index (χ4v) is 3.27. The molecule has 1 aromatic heterocycles. The van der Waals surface area contributed by atoms with E-state index in [-0.39, 0.29) is 5.91 Å². The van der Waals surface area contributed by atoms with Gasteiger partial charge in [0.25, 0.3) is 0 Å². The highest BCUT2D eigenvalue weighted by molar-refractivity contribution is 5.83. The van der Waals surface area contributed by atoms with Crippen LogP contribution in [-0.2, 0) is 4.79 Å². The summed E-state index contributed by atoms with van der Waals surface area (Å²) in [5.41, 5.74) is 3.37. The molecule has 0 fully saturated rings. The second-order valence-corrected chi connectivity index (χ2v) is 6.46. The number of hydrogen-bond acceptors (Lipinski definition) is 3. The molecular weight excluding hydrogens is 336 g/mol. The van der Waals surface area contributed by atoms with Crippen LogP contribution in [0.2, 0.25) is 0 Å². The molecule has 140 valence electrons. The second-order valence-electron chi connectivity index (χ2n) is 6.46. The molecule has 27 heavy (non-hydrogen) atoms. The Labute approximate surface area is 160 Å². The van der Waals surface area contributed by atoms with Crippen LogP contribution in [0.15, 0.2) is 73.1 Å². The van der Waals surface area contributed by atoms with Gasteiger partial charge < -0.3 is 10.2 Å². The van der Waals surface area contributed by atoms with E-state index >= 15 is 0 Å². The number of para-hydroxylation sites is 1. The molecular formula is C22H26N4O. The Balaban J connectivity index is 1.67. The molecule has 3 aromatic rings. The van der Waals surface area contributed by atoms with Gasteiger partial charge in [0, 0.05) is 37.7 Å². The van der Waals surface area contributed by atoms with Crippen LogP contribution in [-0.4, -0.2) is 35.3 Å². The third-order valence-corrected chi connectivity index (χ3v) is 4.67. The largest absolute Gasteiger partial charge is 0.370 e. The lowest BCUT2D eigenvalue weighted by molar-refractivity contribution is -0.123. The van der Waals surface area contributed by atoms with Crippen molar-refractivity contribution in [2.24, 2.45) is 0 Å². The van der Waals surface area contributed by atoms with E-state index < -0.39 is 6.04 Å². The highest BCUT2D eigenvalue weighted by atomic mass is 16.2. The lowest BCUT2D eigenvalue weighted by atomic mass is 10.1. The minimum Gasteiger partial charge on any atom is -0.370 e. The van der Waals surface area contributed by atoms with Crippen molar-refractivity contribution >= 4 is 11.6 Å². The Morgan fingerprint density at radius 3 is 2.52 bits per heavy atom. The van der Waals surface area contributed by atoms with Crippen LogP contribution in [0.1, 0.15) is 24.1 Å². The summed E-state index contributed by atoms with van der Waals surface area (Å²) in [7, 11) is 0. The monoisotopic (exact) mass is 362 g/mol. The number of rotatable bonds is 8. The van der Waals surface area contributed by atoms with Gasteiger partial charge >= 0.3 is 0 Å². The van der Waals surface area contributed by atoms with Gasteiger partial charge in [-0.25, -0.2) is 0 Å². The van der Waals surface area contributed by atoms with Crippen LogP contribution in [0.4, 0.5) is 5.69 Å². The van der Waals surface area contributed by atoms with Gasteiger partial charge in [0.1, 0.15) is 0 Å². The summed E-state index contributed by atoms with van der Waals surface area (Å²) in [5.74, 6) is -0.0502. The van der Waals surface area contributed by atoms with Crippen molar-refractivity contribution in [3.05, 3.63) is 84.2 Å². The van der Waals surface area contributed by atoms with Gasteiger partial charge in [-0.15, -0.1) is 0 Å². The van der Waals surface area contributed by atoms with Crippen LogP contribution in [0.25, 0.3) is 0 Å². The SMILES string of the molecule is CCN(CCNC(=O)C(c1ccccc1)n1cccn1)c1ccccc1C. The number of benzene rings is 2. The van der Waals surface area contributed by atoms with E-state index in [9.17, 15) is 4.79 Å². The molecule has 0 radical (unpaired) electrons. The topological polar surface area (TPSA) is 50.2 Å². The number of anilines is 1. The van der Waals surface area contributed by atoms with Gasteiger partial charge in [-0.1, -0.05) is 48.5 Å². The number of amides is 1. The van der Waals surface area contributed by atoms with E-state index in [4.69, 9.17) is 0 Å². The molecule has 1 atom stereocenters. The zero-order chi connectivity index (χ0) is 19.1. The third kappa shape index (κ3) is 4.56. The van der Waals surface area contributed by atoms with Gasteiger partial charge in [0.05, 0.1) is 0 Å². The van der Waals surface area contributed by atoms with E-state index in [1.807, 2.05) is 54.7 Å². The Morgan fingerprint density at radius 1 is 1.11 bits per heavy atom. The molecule has 0 aliphatic carbocycles. The fraction of sp³-hybridized carbons (Fsp3) is 0.273. The summed E-state index contributed by atoms with van der Waals surface area (Å²) in [6, 6.07) is 19.4. The molecule has 0 aliphatic heterocycles. The first-order chi connectivity index (χ1) is 13.2. The van der Waals surface area contributed by atoms with Crippen LogP contribution < -0.4 is 10.2 Å². The van der Waals surface area contributed by atoms with Crippen LogP contribution in [0.5, 0.6) is 0 Å². The molecule has 1 heterocycles. The number of nitrogens with zero attached hydrogens (tertiary/aromatic N) is 3. The fourth-order valence-electron chi connectivity index (χ4n) is 3.27. The molecule has 3 rings (SSSR count). The van der Waals surface area contributed by atoms with Crippen LogP contribution in [0.3, 0.4) is 0 Å². The predicted octanol–water partition coefficient (Wildman–Crippen LogP) is 3.42. The van der Waals surface area contributed by atoms with Gasteiger partial charge in [-0.05, 0) is 37.1 Å². The highest BCUT2D eigenvalue weighted by Crippen LogP contribution is 2.19. The lowest BCUT2D eigenvalue weighted by Crippen LogP contribution is -2.39. The average Bonchev–Trinajstić information content (AvgIpc) is 3.21. The van der Waals surface area contributed by atoms with Crippen molar-refractivity contribution in [3.8, 4) is 0 Å². The number of aryl methyl sites for hydroxylation is 1. The Hall–Kier alpha value is -3.08. The number of nitrogens with one attached hydrogen (secondary N) is 1. The average molecular weight is 362 g/mol.